The van der Waals surface area contributed by atoms with Crippen molar-refractivity contribution in [3.05, 3.63) is 42.5 Å². The number of nitrogens with one attached hydrogen (secondary N) is 1. The fraction of sp³-hybridized carbons (Fsp3) is 0.348. The topological polar surface area (TPSA) is 89.1 Å². The number of piperazine rings is 1. The minimum atomic E-state index is -0.0974. The van der Waals surface area contributed by atoms with Crippen LogP contribution in [0, 0.1) is 0 Å². The predicted octanol–water partition coefficient (Wildman–Crippen LogP) is 2.99. The number of hydrogen-bond donors (Lipinski definition) is 1. The summed E-state index contributed by atoms with van der Waals surface area (Å²) >= 11 is 1.32. The van der Waals surface area contributed by atoms with Crippen LogP contribution in [0.25, 0.3) is 10.6 Å². The first-order chi connectivity index (χ1) is 16.1. The van der Waals surface area contributed by atoms with Crippen LogP contribution in [-0.4, -0.2) is 75.1 Å². The van der Waals surface area contributed by atoms with Crippen molar-refractivity contribution in [2.75, 3.05) is 64.3 Å². The van der Waals surface area contributed by atoms with Crippen molar-refractivity contribution < 1.29 is 19.0 Å². The van der Waals surface area contributed by atoms with Crippen molar-refractivity contribution in [1.29, 1.82) is 0 Å². The Morgan fingerprint density at radius 2 is 1.76 bits per heavy atom. The zero-order valence-electron chi connectivity index (χ0n) is 18.9. The Bertz CT molecular complexity index is 1100. The van der Waals surface area contributed by atoms with E-state index in [2.05, 4.69) is 31.4 Å². The van der Waals surface area contributed by atoms with Crippen LogP contribution in [0.15, 0.2) is 42.5 Å². The van der Waals surface area contributed by atoms with Crippen molar-refractivity contribution in [2.45, 2.75) is 0 Å². The Kier molecular flexibility index (Phi) is 7.26. The highest BCUT2D eigenvalue weighted by molar-refractivity contribution is 7.18. The van der Waals surface area contributed by atoms with E-state index in [-0.39, 0.29) is 5.91 Å². The molecule has 2 aromatic carbocycles. The molecule has 1 N–H and O–H groups in total. The summed E-state index contributed by atoms with van der Waals surface area (Å²) in [6.45, 7) is 3.62. The van der Waals surface area contributed by atoms with Crippen molar-refractivity contribution >= 4 is 28.1 Å². The smallest absolute Gasteiger partial charge is 0.240 e. The molecule has 1 saturated heterocycles. The molecule has 3 aromatic rings. The fourth-order valence-corrected chi connectivity index (χ4v) is 4.45. The summed E-state index contributed by atoms with van der Waals surface area (Å²) in [7, 11) is 4.85. The lowest BCUT2D eigenvalue weighted by Gasteiger charge is -2.35. The van der Waals surface area contributed by atoms with Gasteiger partial charge >= 0.3 is 0 Å². The van der Waals surface area contributed by atoms with Gasteiger partial charge in [-0.2, -0.15) is 0 Å². The van der Waals surface area contributed by atoms with E-state index in [1.54, 1.807) is 21.3 Å². The van der Waals surface area contributed by atoms with Crippen LogP contribution >= 0.6 is 11.3 Å². The van der Waals surface area contributed by atoms with E-state index >= 15 is 0 Å². The average Bonchev–Trinajstić information content (AvgIpc) is 3.32. The number of methoxy groups -OCH3 is 3. The van der Waals surface area contributed by atoms with Crippen LogP contribution in [0.4, 0.5) is 10.8 Å². The number of ether oxygens (including phenoxy) is 3. The molecule has 4 rings (SSSR count). The van der Waals surface area contributed by atoms with Crippen LogP contribution in [0.2, 0.25) is 0 Å². The molecule has 2 heterocycles. The third kappa shape index (κ3) is 5.52. The summed E-state index contributed by atoms with van der Waals surface area (Å²) < 4.78 is 15.9. The highest BCUT2D eigenvalue weighted by Crippen LogP contribution is 2.34. The predicted molar refractivity (Wildman–Crippen MR) is 129 cm³/mol. The fourth-order valence-electron chi connectivity index (χ4n) is 3.69. The first kappa shape index (κ1) is 22.8. The Morgan fingerprint density at radius 3 is 2.48 bits per heavy atom. The van der Waals surface area contributed by atoms with E-state index in [4.69, 9.17) is 14.2 Å². The summed E-state index contributed by atoms with van der Waals surface area (Å²) in [5, 5.41) is 12.4. The molecule has 10 heteroatoms. The quantitative estimate of drug-likeness (QED) is 0.539. The lowest BCUT2D eigenvalue weighted by Crippen LogP contribution is -2.48. The normalized spacial score (nSPS) is 14.1. The molecule has 174 valence electrons. The zero-order valence-corrected chi connectivity index (χ0v) is 19.7. The van der Waals surface area contributed by atoms with Gasteiger partial charge in [0.1, 0.15) is 10.8 Å². The van der Waals surface area contributed by atoms with Crippen molar-refractivity contribution in [1.82, 2.24) is 15.1 Å². The number of benzene rings is 2. The van der Waals surface area contributed by atoms with Gasteiger partial charge in [0.15, 0.2) is 11.5 Å². The van der Waals surface area contributed by atoms with Gasteiger partial charge in [-0.25, -0.2) is 0 Å². The van der Waals surface area contributed by atoms with Gasteiger partial charge in [-0.05, 0) is 30.3 Å². The molecular formula is C23H27N5O4S. The third-order valence-corrected chi connectivity index (χ3v) is 6.35. The maximum absolute atomic E-state index is 12.6. The van der Waals surface area contributed by atoms with Crippen LogP contribution < -0.4 is 24.4 Å². The zero-order chi connectivity index (χ0) is 23.2. The number of aromatic nitrogens is 2. The number of carbonyl (C=O) groups excluding carboxylic acids is 1. The molecule has 1 aliphatic heterocycles. The van der Waals surface area contributed by atoms with Gasteiger partial charge < -0.3 is 19.1 Å². The van der Waals surface area contributed by atoms with E-state index in [9.17, 15) is 4.79 Å². The summed E-state index contributed by atoms with van der Waals surface area (Å²) in [5.41, 5.74) is 1.98. The summed E-state index contributed by atoms with van der Waals surface area (Å²) in [4.78, 5) is 17.0. The highest BCUT2D eigenvalue weighted by atomic mass is 32.1. The van der Waals surface area contributed by atoms with E-state index in [1.165, 1.54) is 11.3 Å². The SMILES string of the molecule is COc1cccc(N2CCN(CC(=O)Nc3nnc(-c4ccc(OC)c(OC)c4)s3)CC2)c1. The number of amides is 1. The Hall–Kier alpha value is -3.37. The maximum Gasteiger partial charge on any atom is 0.240 e. The first-order valence-electron chi connectivity index (χ1n) is 10.6. The Balaban J connectivity index is 1.30. The second-order valence-corrected chi connectivity index (χ2v) is 8.47. The summed E-state index contributed by atoms with van der Waals surface area (Å²) in [6.07, 6.45) is 0. The minimum Gasteiger partial charge on any atom is -0.497 e. The van der Waals surface area contributed by atoms with Gasteiger partial charge in [0.25, 0.3) is 0 Å². The van der Waals surface area contributed by atoms with Crippen molar-refractivity contribution in [2.24, 2.45) is 0 Å². The number of rotatable bonds is 8. The number of anilines is 2. The summed E-state index contributed by atoms with van der Waals surface area (Å²) in [6, 6.07) is 13.6. The molecule has 1 fully saturated rings. The molecular weight excluding hydrogens is 442 g/mol. The monoisotopic (exact) mass is 469 g/mol. The third-order valence-electron chi connectivity index (χ3n) is 5.46. The Morgan fingerprint density at radius 1 is 0.970 bits per heavy atom. The van der Waals surface area contributed by atoms with Gasteiger partial charge in [0, 0.05) is 43.5 Å². The molecule has 1 aliphatic rings. The molecule has 0 atom stereocenters. The maximum atomic E-state index is 12.6. The van der Waals surface area contributed by atoms with Crippen LogP contribution in [0.1, 0.15) is 0 Å². The van der Waals surface area contributed by atoms with Gasteiger partial charge in [0.05, 0.1) is 27.9 Å². The van der Waals surface area contributed by atoms with Crippen molar-refractivity contribution in [3.63, 3.8) is 0 Å². The second kappa shape index (κ2) is 10.5. The number of carbonyl (C=O) groups is 1. The molecule has 0 spiro atoms. The van der Waals surface area contributed by atoms with Crippen LogP contribution in [0.3, 0.4) is 0 Å². The first-order valence-corrected chi connectivity index (χ1v) is 11.4. The number of hydrogen-bond acceptors (Lipinski definition) is 9. The molecule has 0 unspecified atom stereocenters. The van der Waals surface area contributed by atoms with Gasteiger partial charge in [-0.3, -0.25) is 15.0 Å². The molecule has 9 nitrogen and oxygen atoms in total. The largest absolute Gasteiger partial charge is 0.497 e. The molecule has 0 radical (unpaired) electrons. The minimum absolute atomic E-state index is 0.0974. The molecule has 0 bridgehead atoms. The lowest BCUT2D eigenvalue weighted by atomic mass is 10.2. The average molecular weight is 470 g/mol. The molecule has 1 aromatic heterocycles. The van der Waals surface area contributed by atoms with Crippen LogP contribution in [-0.2, 0) is 4.79 Å². The number of nitrogens with zero attached hydrogens (tertiary/aromatic N) is 4. The molecule has 0 aliphatic carbocycles. The molecule has 1 amide bonds. The van der Waals surface area contributed by atoms with E-state index < -0.39 is 0 Å². The highest BCUT2D eigenvalue weighted by Gasteiger charge is 2.20. The molecule has 33 heavy (non-hydrogen) atoms. The lowest BCUT2D eigenvalue weighted by molar-refractivity contribution is -0.117. The van der Waals surface area contributed by atoms with Crippen molar-refractivity contribution in [3.8, 4) is 27.8 Å². The summed E-state index contributed by atoms with van der Waals surface area (Å²) in [5.74, 6) is 2.01. The van der Waals surface area contributed by atoms with Gasteiger partial charge in [-0.15, -0.1) is 10.2 Å². The van der Waals surface area contributed by atoms with Crippen LogP contribution in [0.5, 0.6) is 17.2 Å². The Labute approximate surface area is 196 Å². The standard InChI is InChI=1S/C23H27N5O4S/c1-30-18-6-4-5-17(14-18)28-11-9-27(10-12-28)15-21(29)24-23-26-25-22(33-23)16-7-8-19(31-2)20(13-16)32-3/h4-8,13-14H,9-12,15H2,1-3H3,(H,24,26,29). The second-order valence-electron chi connectivity index (χ2n) is 7.49. The van der Waals surface area contributed by atoms with Gasteiger partial charge in [-0.1, -0.05) is 17.4 Å². The van der Waals surface area contributed by atoms with E-state index in [1.807, 2.05) is 36.4 Å². The van der Waals surface area contributed by atoms with Gasteiger partial charge in [0.2, 0.25) is 11.0 Å². The van der Waals surface area contributed by atoms with E-state index in [0.29, 0.717) is 28.2 Å². The molecule has 0 saturated carbocycles. The van der Waals surface area contributed by atoms with E-state index in [0.717, 1.165) is 43.2 Å².